The van der Waals surface area contributed by atoms with Gasteiger partial charge in [0.15, 0.2) is 0 Å². The summed E-state index contributed by atoms with van der Waals surface area (Å²) < 4.78 is 12.8. The van der Waals surface area contributed by atoms with Gasteiger partial charge in [0.25, 0.3) is 0 Å². The summed E-state index contributed by atoms with van der Waals surface area (Å²) in [7, 11) is 1.82. The topological polar surface area (TPSA) is 46.3 Å². The van der Waals surface area contributed by atoms with Crippen LogP contribution in [0.3, 0.4) is 0 Å². The van der Waals surface area contributed by atoms with E-state index in [4.69, 9.17) is 5.73 Å². The molecule has 0 saturated carbocycles. The predicted molar refractivity (Wildman–Crippen MR) is 94.1 cm³/mol. The molecule has 0 bridgehead atoms. The molecule has 6 heteroatoms. The molecule has 1 atom stereocenters. The van der Waals surface area contributed by atoms with Gasteiger partial charge < -0.3 is 10.6 Å². The van der Waals surface area contributed by atoms with Gasteiger partial charge in [-0.3, -0.25) is 4.79 Å². The lowest BCUT2D eigenvalue weighted by Gasteiger charge is -2.21. The molecule has 1 unspecified atom stereocenters. The van der Waals surface area contributed by atoms with Crippen molar-refractivity contribution >= 4 is 30.1 Å². The largest absolute Gasteiger partial charge is 0.346 e. The average Bonchev–Trinajstić information content (AvgIpc) is 2.46. The van der Waals surface area contributed by atoms with Gasteiger partial charge in [0.05, 0.1) is 0 Å². The lowest BCUT2D eigenvalue weighted by molar-refractivity contribution is -0.129. The summed E-state index contributed by atoms with van der Waals surface area (Å²) in [4.78, 5) is 14.7. The fourth-order valence-electron chi connectivity index (χ4n) is 1.78. The third kappa shape index (κ3) is 8.01. The van der Waals surface area contributed by atoms with Crippen LogP contribution in [-0.4, -0.2) is 36.2 Å². The van der Waals surface area contributed by atoms with Gasteiger partial charge in [0.2, 0.25) is 5.91 Å². The van der Waals surface area contributed by atoms with Gasteiger partial charge in [0, 0.05) is 36.7 Å². The van der Waals surface area contributed by atoms with Crippen LogP contribution < -0.4 is 5.73 Å². The SMILES string of the molecule is CC(C)C(N)CCN(C)C(=O)CCSc1ccc(F)cc1.Cl. The number of carbonyl (C=O) groups is 1. The van der Waals surface area contributed by atoms with Crippen LogP contribution >= 0.6 is 24.2 Å². The molecule has 126 valence electrons. The molecule has 1 aromatic carbocycles. The number of rotatable bonds is 8. The first-order valence-corrected chi connectivity index (χ1v) is 8.26. The minimum atomic E-state index is -0.239. The molecular formula is C16H26ClFN2OS. The monoisotopic (exact) mass is 348 g/mol. The average molecular weight is 349 g/mol. The van der Waals surface area contributed by atoms with E-state index < -0.39 is 0 Å². The molecule has 22 heavy (non-hydrogen) atoms. The third-order valence-electron chi connectivity index (χ3n) is 3.48. The maximum Gasteiger partial charge on any atom is 0.223 e. The van der Waals surface area contributed by atoms with Crippen molar-refractivity contribution in [2.24, 2.45) is 11.7 Å². The van der Waals surface area contributed by atoms with Crippen molar-refractivity contribution < 1.29 is 9.18 Å². The molecule has 0 fully saturated rings. The summed E-state index contributed by atoms with van der Waals surface area (Å²) >= 11 is 1.57. The van der Waals surface area contributed by atoms with E-state index in [1.54, 1.807) is 28.8 Å². The second-order valence-electron chi connectivity index (χ2n) is 5.56. The number of thioether (sulfide) groups is 1. The van der Waals surface area contributed by atoms with Crippen LogP contribution in [0.5, 0.6) is 0 Å². The van der Waals surface area contributed by atoms with E-state index in [1.165, 1.54) is 12.1 Å². The van der Waals surface area contributed by atoms with Crippen LogP contribution in [0.1, 0.15) is 26.7 Å². The summed E-state index contributed by atoms with van der Waals surface area (Å²) in [6, 6.07) is 6.47. The number of hydrogen-bond donors (Lipinski definition) is 1. The normalized spacial score (nSPS) is 11.9. The molecule has 1 aromatic rings. The summed E-state index contributed by atoms with van der Waals surface area (Å²) in [6.07, 6.45) is 1.31. The highest BCUT2D eigenvalue weighted by atomic mass is 35.5. The minimum Gasteiger partial charge on any atom is -0.346 e. The van der Waals surface area contributed by atoms with Crippen molar-refractivity contribution in [1.82, 2.24) is 4.90 Å². The number of benzene rings is 1. The summed E-state index contributed by atoms with van der Waals surface area (Å²) in [5.41, 5.74) is 5.98. The maximum atomic E-state index is 12.8. The first-order chi connectivity index (χ1) is 9.90. The van der Waals surface area contributed by atoms with Crippen LogP contribution in [0.25, 0.3) is 0 Å². The molecule has 1 amide bonds. The van der Waals surface area contributed by atoms with Crippen molar-refractivity contribution in [3.63, 3.8) is 0 Å². The predicted octanol–water partition coefficient (Wildman–Crippen LogP) is 3.56. The molecular weight excluding hydrogens is 323 g/mol. The van der Waals surface area contributed by atoms with E-state index >= 15 is 0 Å². The fraction of sp³-hybridized carbons (Fsp3) is 0.562. The van der Waals surface area contributed by atoms with Gasteiger partial charge in [-0.25, -0.2) is 4.39 Å². The second kappa shape index (κ2) is 10.9. The Morgan fingerprint density at radius 1 is 1.32 bits per heavy atom. The quantitative estimate of drug-likeness (QED) is 0.730. The standard InChI is InChI=1S/C16H25FN2OS.ClH/c1-12(2)15(18)8-10-19(3)16(20)9-11-21-14-6-4-13(17)5-7-14;/h4-7,12,15H,8-11,18H2,1-3H3;1H. The number of nitrogens with zero attached hydrogens (tertiary/aromatic N) is 1. The van der Waals surface area contributed by atoms with Crippen molar-refractivity contribution in [2.45, 2.75) is 37.6 Å². The Bertz CT molecular complexity index is 442. The van der Waals surface area contributed by atoms with Gasteiger partial charge in [0.1, 0.15) is 5.82 Å². The molecule has 2 N–H and O–H groups in total. The van der Waals surface area contributed by atoms with Crippen molar-refractivity contribution in [3.05, 3.63) is 30.1 Å². The summed E-state index contributed by atoms with van der Waals surface area (Å²) in [5, 5.41) is 0. The Morgan fingerprint density at radius 2 is 1.91 bits per heavy atom. The van der Waals surface area contributed by atoms with Crippen LogP contribution in [-0.2, 0) is 4.79 Å². The minimum absolute atomic E-state index is 0. The van der Waals surface area contributed by atoms with Gasteiger partial charge in [-0.2, -0.15) is 0 Å². The molecule has 0 heterocycles. The molecule has 1 rings (SSSR count). The number of amides is 1. The van der Waals surface area contributed by atoms with Crippen LogP contribution in [0.15, 0.2) is 29.2 Å². The van der Waals surface area contributed by atoms with E-state index in [2.05, 4.69) is 13.8 Å². The highest BCUT2D eigenvalue weighted by molar-refractivity contribution is 7.99. The fourth-order valence-corrected chi connectivity index (χ4v) is 2.62. The first kappa shape index (κ1) is 21.2. The number of carbonyl (C=O) groups excluding carboxylic acids is 1. The number of hydrogen-bond acceptors (Lipinski definition) is 3. The Balaban J connectivity index is 0.00000441. The Kier molecular flexibility index (Phi) is 10.5. The van der Waals surface area contributed by atoms with Crippen molar-refractivity contribution in [3.8, 4) is 0 Å². The third-order valence-corrected chi connectivity index (χ3v) is 4.49. The Hall–Kier alpha value is -0.780. The number of halogens is 2. The molecule has 0 aliphatic heterocycles. The zero-order valence-corrected chi connectivity index (χ0v) is 15.1. The van der Waals surface area contributed by atoms with Gasteiger partial charge in [-0.15, -0.1) is 24.2 Å². The zero-order valence-electron chi connectivity index (χ0n) is 13.4. The summed E-state index contributed by atoms with van der Waals surface area (Å²) in [6.45, 7) is 4.87. The van der Waals surface area contributed by atoms with E-state index in [0.29, 0.717) is 24.6 Å². The zero-order chi connectivity index (χ0) is 15.8. The Morgan fingerprint density at radius 3 is 2.45 bits per heavy atom. The molecule has 0 spiro atoms. The molecule has 0 saturated heterocycles. The molecule has 0 radical (unpaired) electrons. The van der Waals surface area contributed by atoms with Crippen molar-refractivity contribution in [1.29, 1.82) is 0 Å². The van der Waals surface area contributed by atoms with E-state index in [0.717, 1.165) is 11.3 Å². The van der Waals surface area contributed by atoms with Gasteiger partial charge in [-0.1, -0.05) is 13.8 Å². The highest BCUT2D eigenvalue weighted by Gasteiger charge is 2.12. The first-order valence-electron chi connectivity index (χ1n) is 7.28. The molecule has 0 aliphatic rings. The highest BCUT2D eigenvalue weighted by Crippen LogP contribution is 2.19. The van der Waals surface area contributed by atoms with E-state index in [-0.39, 0.29) is 30.2 Å². The number of nitrogens with two attached hydrogens (primary N) is 1. The van der Waals surface area contributed by atoms with Crippen LogP contribution in [0.2, 0.25) is 0 Å². The summed E-state index contributed by atoms with van der Waals surface area (Å²) in [5.74, 6) is 1.02. The second-order valence-corrected chi connectivity index (χ2v) is 6.73. The molecule has 0 aliphatic carbocycles. The van der Waals surface area contributed by atoms with Gasteiger partial charge in [-0.05, 0) is 36.6 Å². The van der Waals surface area contributed by atoms with E-state index in [1.807, 2.05) is 7.05 Å². The van der Waals surface area contributed by atoms with Crippen molar-refractivity contribution in [2.75, 3.05) is 19.3 Å². The molecule has 3 nitrogen and oxygen atoms in total. The van der Waals surface area contributed by atoms with Crippen LogP contribution in [0, 0.1) is 11.7 Å². The smallest absolute Gasteiger partial charge is 0.223 e. The van der Waals surface area contributed by atoms with E-state index in [9.17, 15) is 9.18 Å². The lowest BCUT2D eigenvalue weighted by atomic mass is 10.0. The van der Waals surface area contributed by atoms with Gasteiger partial charge >= 0.3 is 0 Å². The van der Waals surface area contributed by atoms with Crippen LogP contribution in [0.4, 0.5) is 4.39 Å². The maximum absolute atomic E-state index is 12.8. The molecule has 0 aromatic heterocycles. The Labute approximate surface area is 143 Å². The lowest BCUT2D eigenvalue weighted by Crippen LogP contribution is -2.34.